The molecule has 1 saturated heterocycles. The molecule has 1 aromatic heterocycles. The van der Waals surface area contributed by atoms with Crippen molar-refractivity contribution in [3.05, 3.63) is 41.3 Å². The Bertz CT molecular complexity index is 719. The van der Waals surface area contributed by atoms with Crippen molar-refractivity contribution in [2.75, 3.05) is 11.4 Å². The van der Waals surface area contributed by atoms with Gasteiger partial charge in [0, 0.05) is 19.2 Å². The highest BCUT2D eigenvalue weighted by Gasteiger charge is 2.31. The summed E-state index contributed by atoms with van der Waals surface area (Å²) in [5, 5.41) is 3.72. The van der Waals surface area contributed by atoms with Gasteiger partial charge in [-0.2, -0.15) is 4.98 Å². The molecule has 1 aliphatic heterocycles. The molecule has 2 heterocycles. The van der Waals surface area contributed by atoms with Gasteiger partial charge in [-0.15, -0.1) is 11.8 Å². The van der Waals surface area contributed by atoms with Crippen LogP contribution in [0.2, 0.25) is 0 Å². The van der Waals surface area contributed by atoms with E-state index < -0.39 is 0 Å². The Labute approximate surface area is 138 Å². The van der Waals surface area contributed by atoms with Gasteiger partial charge in [-0.3, -0.25) is 4.79 Å². The van der Waals surface area contributed by atoms with Gasteiger partial charge in [-0.1, -0.05) is 5.16 Å². The zero-order chi connectivity index (χ0) is 16.4. The van der Waals surface area contributed by atoms with Crippen LogP contribution in [0.25, 0.3) is 0 Å². The van der Waals surface area contributed by atoms with E-state index in [0.717, 1.165) is 24.1 Å². The Balaban J connectivity index is 1.70. The molecule has 1 aliphatic rings. The lowest BCUT2D eigenvalue weighted by atomic mass is 10.1. The average molecular weight is 335 g/mol. The van der Waals surface area contributed by atoms with Crippen LogP contribution < -0.4 is 4.90 Å². The molecular weight excluding hydrogens is 317 g/mol. The number of rotatable bonds is 4. The van der Waals surface area contributed by atoms with E-state index in [1.54, 1.807) is 17.9 Å². The Morgan fingerprint density at radius 3 is 2.96 bits per heavy atom. The Morgan fingerprint density at radius 2 is 2.26 bits per heavy atom. The Hall–Kier alpha value is -1.89. The van der Waals surface area contributed by atoms with Crippen LogP contribution in [0.5, 0.6) is 0 Å². The summed E-state index contributed by atoms with van der Waals surface area (Å²) in [6.45, 7) is 4.24. The first-order valence-electron chi connectivity index (χ1n) is 7.53. The summed E-state index contributed by atoms with van der Waals surface area (Å²) in [4.78, 5) is 18.7. The van der Waals surface area contributed by atoms with Crippen molar-refractivity contribution >= 4 is 23.4 Å². The second kappa shape index (κ2) is 6.70. The number of halogens is 1. The number of aromatic nitrogens is 2. The molecule has 0 saturated carbocycles. The van der Waals surface area contributed by atoms with Gasteiger partial charge in [0.25, 0.3) is 0 Å². The summed E-state index contributed by atoms with van der Waals surface area (Å²) in [5.41, 5.74) is 1.56. The minimum atomic E-state index is -0.283. The van der Waals surface area contributed by atoms with Crippen LogP contribution in [0, 0.1) is 19.7 Å². The van der Waals surface area contributed by atoms with Gasteiger partial charge in [-0.25, -0.2) is 4.39 Å². The number of benzene rings is 1. The van der Waals surface area contributed by atoms with E-state index in [1.165, 1.54) is 23.9 Å². The summed E-state index contributed by atoms with van der Waals surface area (Å²) in [5.74, 6) is 1.46. The predicted molar refractivity (Wildman–Crippen MR) is 86.8 cm³/mol. The van der Waals surface area contributed by atoms with Crippen molar-refractivity contribution in [3.8, 4) is 0 Å². The lowest BCUT2D eigenvalue weighted by molar-refractivity contribution is -0.119. The third-order valence-electron chi connectivity index (χ3n) is 3.82. The molecule has 0 unspecified atom stereocenters. The van der Waals surface area contributed by atoms with E-state index in [4.69, 9.17) is 4.52 Å². The van der Waals surface area contributed by atoms with Crippen molar-refractivity contribution < 1.29 is 13.7 Å². The number of aryl methyl sites for hydroxylation is 2. The van der Waals surface area contributed by atoms with Crippen LogP contribution in [0.1, 0.15) is 30.1 Å². The van der Waals surface area contributed by atoms with Crippen LogP contribution in [0.4, 0.5) is 10.1 Å². The molecule has 0 aliphatic carbocycles. The first-order chi connectivity index (χ1) is 11.0. The van der Waals surface area contributed by atoms with Gasteiger partial charge in [0.1, 0.15) is 5.82 Å². The topological polar surface area (TPSA) is 59.2 Å². The summed E-state index contributed by atoms with van der Waals surface area (Å²) >= 11 is 1.53. The largest absolute Gasteiger partial charge is 0.340 e. The highest BCUT2D eigenvalue weighted by molar-refractivity contribution is 7.99. The van der Waals surface area contributed by atoms with E-state index in [0.29, 0.717) is 24.0 Å². The smallest absolute Gasteiger partial charge is 0.240 e. The van der Waals surface area contributed by atoms with Crippen molar-refractivity contribution in [2.24, 2.45) is 0 Å². The summed E-state index contributed by atoms with van der Waals surface area (Å²) in [6.07, 6.45) is 1.75. The number of nitrogens with zero attached hydrogens (tertiary/aromatic N) is 3. The lowest BCUT2D eigenvalue weighted by Gasteiger charge is -2.32. The Kier molecular flexibility index (Phi) is 4.66. The van der Waals surface area contributed by atoms with Crippen molar-refractivity contribution in [1.29, 1.82) is 0 Å². The molecule has 1 aromatic carbocycles. The summed E-state index contributed by atoms with van der Waals surface area (Å²) in [6, 6.07) is 4.54. The summed E-state index contributed by atoms with van der Waals surface area (Å²) in [7, 11) is 0. The first-order valence-corrected chi connectivity index (χ1v) is 8.58. The van der Waals surface area contributed by atoms with Gasteiger partial charge >= 0.3 is 0 Å². The number of thioether (sulfide) groups is 1. The molecule has 1 fully saturated rings. The second-order valence-corrected chi connectivity index (χ2v) is 6.78. The number of carbonyl (C=O) groups excluding carboxylic acids is 1. The fourth-order valence-electron chi connectivity index (χ4n) is 2.73. The molecule has 7 heteroatoms. The zero-order valence-electron chi connectivity index (χ0n) is 13.1. The fraction of sp³-hybridized carbons (Fsp3) is 0.438. The van der Waals surface area contributed by atoms with Crippen molar-refractivity contribution in [1.82, 2.24) is 10.1 Å². The van der Waals surface area contributed by atoms with E-state index in [1.807, 2.05) is 6.92 Å². The molecular formula is C16H18FN3O2S. The SMILES string of the molecule is Cc1nc(CS[C@@H]2CCCN(c3ccc(F)cc3C)C2=O)no1. The molecule has 1 amide bonds. The van der Waals surface area contributed by atoms with Gasteiger partial charge in [-0.05, 0) is 43.5 Å². The molecule has 1 atom stereocenters. The number of piperidine rings is 1. The normalized spacial score (nSPS) is 18.5. The third kappa shape index (κ3) is 3.55. The fourth-order valence-corrected chi connectivity index (χ4v) is 3.80. The molecule has 0 N–H and O–H groups in total. The highest BCUT2D eigenvalue weighted by atomic mass is 32.2. The Morgan fingerprint density at radius 1 is 1.43 bits per heavy atom. The van der Waals surface area contributed by atoms with Gasteiger partial charge in [0.2, 0.25) is 11.8 Å². The van der Waals surface area contributed by atoms with Gasteiger partial charge in [0.05, 0.1) is 11.0 Å². The molecule has 3 rings (SSSR count). The number of hydrogen-bond acceptors (Lipinski definition) is 5. The molecule has 0 bridgehead atoms. The summed E-state index contributed by atoms with van der Waals surface area (Å²) < 4.78 is 18.2. The molecule has 2 aromatic rings. The quantitative estimate of drug-likeness (QED) is 0.858. The highest BCUT2D eigenvalue weighted by Crippen LogP contribution is 2.31. The number of amides is 1. The van der Waals surface area contributed by atoms with E-state index in [-0.39, 0.29) is 17.0 Å². The third-order valence-corrected chi connectivity index (χ3v) is 5.09. The first kappa shape index (κ1) is 16.0. The number of anilines is 1. The van der Waals surface area contributed by atoms with Gasteiger partial charge in [0.15, 0.2) is 5.82 Å². The molecule has 5 nitrogen and oxygen atoms in total. The number of hydrogen-bond donors (Lipinski definition) is 0. The maximum absolute atomic E-state index is 13.3. The number of carbonyl (C=O) groups is 1. The van der Waals surface area contributed by atoms with Crippen LogP contribution >= 0.6 is 11.8 Å². The van der Waals surface area contributed by atoms with Crippen molar-refractivity contribution in [2.45, 2.75) is 37.7 Å². The van der Waals surface area contributed by atoms with E-state index in [9.17, 15) is 9.18 Å². The van der Waals surface area contributed by atoms with Gasteiger partial charge < -0.3 is 9.42 Å². The molecule has 122 valence electrons. The van der Waals surface area contributed by atoms with Crippen LogP contribution in [-0.2, 0) is 10.5 Å². The molecule has 23 heavy (non-hydrogen) atoms. The van der Waals surface area contributed by atoms with E-state index >= 15 is 0 Å². The molecule has 0 spiro atoms. The minimum absolute atomic E-state index is 0.0659. The van der Waals surface area contributed by atoms with E-state index in [2.05, 4.69) is 10.1 Å². The van der Waals surface area contributed by atoms with Crippen LogP contribution in [0.15, 0.2) is 22.7 Å². The van der Waals surface area contributed by atoms with Crippen LogP contribution in [-0.4, -0.2) is 27.8 Å². The van der Waals surface area contributed by atoms with Crippen LogP contribution in [0.3, 0.4) is 0 Å². The van der Waals surface area contributed by atoms with Crippen molar-refractivity contribution in [3.63, 3.8) is 0 Å². The monoisotopic (exact) mass is 335 g/mol. The standard InChI is InChI=1S/C16H18FN3O2S/c1-10-8-12(17)5-6-13(10)20-7-3-4-14(16(20)21)23-9-15-18-11(2)22-19-15/h5-6,8,14H,3-4,7,9H2,1-2H3/t14-/m1/s1. The lowest BCUT2D eigenvalue weighted by Crippen LogP contribution is -2.43. The predicted octanol–water partition coefficient (Wildman–Crippen LogP) is 3.25. The average Bonchev–Trinajstić information content (AvgIpc) is 2.92. The second-order valence-electron chi connectivity index (χ2n) is 5.59. The molecule has 0 radical (unpaired) electrons. The minimum Gasteiger partial charge on any atom is -0.340 e. The maximum Gasteiger partial charge on any atom is 0.240 e. The maximum atomic E-state index is 13.3. The zero-order valence-corrected chi connectivity index (χ0v) is 13.9.